The number of hydrogen-bond acceptors (Lipinski definition) is 5. The first-order valence-corrected chi connectivity index (χ1v) is 11.1. The molecule has 2 aromatic heterocycles. The van der Waals surface area contributed by atoms with E-state index >= 15 is 0 Å². The standard InChI is InChI=1S/C22H21NO3S2/c1-2-26-22(25)19-16(14-8-4-3-5-9-14)13-27-21(19)23-20(24)18-12-15-10-6-7-11-17(15)28-18/h3-5,8-9,12-13H,2,6-7,10-11H2,1H3,(H,23,24). The maximum absolute atomic E-state index is 12.9. The average Bonchev–Trinajstić information content (AvgIpc) is 3.33. The van der Waals surface area contributed by atoms with Crippen LogP contribution in [0.15, 0.2) is 41.8 Å². The molecule has 1 amide bonds. The summed E-state index contributed by atoms with van der Waals surface area (Å²) in [5, 5.41) is 5.39. The Labute approximate surface area is 172 Å². The zero-order chi connectivity index (χ0) is 19.5. The molecule has 0 saturated heterocycles. The third-order valence-electron chi connectivity index (χ3n) is 4.80. The molecular formula is C22H21NO3S2. The summed E-state index contributed by atoms with van der Waals surface area (Å²) in [7, 11) is 0. The largest absolute Gasteiger partial charge is 0.462 e. The van der Waals surface area contributed by atoms with Crippen molar-refractivity contribution in [2.45, 2.75) is 32.6 Å². The minimum atomic E-state index is -0.414. The van der Waals surface area contributed by atoms with E-state index < -0.39 is 5.97 Å². The minimum Gasteiger partial charge on any atom is -0.462 e. The number of rotatable bonds is 5. The molecule has 0 fully saturated rings. The molecule has 0 saturated carbocycles. The maximum Gasteiger partial charge on any atom is 0.341 e. The van der Waals surface area contributed by atoms with Gasteiger partial charge in [-0.3, -0.25) is 4.79 Å². The van der Waals surface area contributed by atoms with Crippen molar-refractivity contribution in [1.82, 2.24) is 0 Å². The molecule has 28 heavy (non-hydrogen) atoms. The van der Waals surface area contributed by atoms with Crippen molar-refractivity contribution in [2.75, 3.05) is 11.9 Å². The van der Waals surface area contributed by atoms with Crippen LogP contribution in [0.4, 0.5) is 5.00 Å². The van der Waals surface area contributed by atoms with Gasteiger partial charge in [0.25, 0.3) is 5.91 Å². The Kier molecular flexibility index (Phi) is 5.59. The highest BCUT2D eigenvalue weighted by Gasteiger charge is 2.24. The van der Waals surface area contributed by atoms with Gasteiger partial charge in [-0.2, -0.15) is 0 Å². The summed E-state index contributed by atoms with van der Waals surface area (Å²) in [6, 6.07) is 11.7. The van der Waals surface area contributed by atoms with Gasteiger partial charge >= 0.3 is 5.97 Å². The predicted molar refractivity (Wildman–Crippen MR) is 115 cm³/mol. The molecule has 6 heteroatoms. The first kappa shape index (κ1) is 18.9. The molecule has 0 unspecified atom stereocenters. The number of carbonyl (C=O) groups is 2. The van der Waals surface area contributed by atoms with Gasteiger partial charge in [0, 0.05) is 15.8 Å². The van der Waals surface area contributed by atoms with Crippen molar-refractivity contribution in [2.24, 2.45) is 0 Å². The highest BCUT2D eigenvalue weighted by atomic mass is 32.1. The van der Waals surface area contributed by atoms with Crippen LogP contribution in [-0.2, 0) is 17.6 Å². The summed E-state index contributed by atoms with van der Waals surface area (Å²) in [5.74, 6) is -0.574. The molecule has 1 aromatic carbocycles. The number of aryl methyl sites for hydroxylation is 2. The topological polar surface area (TPSA) is 55.4 Å². The lowest BCUT2D eigenvalue weighted by atomic mass is 9.99. The van der Waals surface area contributed by atoms with E-state index in [9.17, 15) is 9.59 Å². The van der Waals surface area contributed by atoms with Gasteiger partial charge in [0.05, 0.1) is 11.5 Å². The first-order chi connectivity index (χ1) is 13.7. The van der Waals surface area contributed by atoms with E-state index in [1.807, 2.05) is 41.8 Å². The highest BCUT2D eigenvalue weighted by Crippen LogP contribution is 2.37. The molecule has 0 spiro atoms. The van der Waals surface area contributed by atoms with Crippen molar-refractivity contribution >= 4 is 39.6 Å². The molecule has 1 aliphatic carbocycles. The average molecular weight is 412 g/mol. The van der Waals surface area contributed by atoms with Crippen LogP contribution in [0.3, 0.4) is 0 Å². The minimum absolute atomic E-state index is 0.161. The SMILES string of the molecule is CCOC(=O)c1c(-c2ccccc2)csc1NC(=O)c1cc2c(s1)CCCC2. The molecule has 0 bridgehead atoms. The van der Waals surface area contributed by atoms with E-state index in [0.29, 0.717) is 15.4 Å². The van der Waals surface area contributed by atoms with Crippen LogP contribution >= 0.6 is 22.7 Å². The van der Waals surface area contributed by atoms with Gasteiger partial charge in [-0.1, -0.05) is 30.3 Å². The van der Waals surface area contributed by atoms with E-state index in [1.165, 1.54) is 34.6 Å². The number of esters is 1. The van der Waals surface area contributed by atoms with Crippen molar-refractivity contribution in [3.05, 3.63) is 62.7 Å². The van der Waals surface area contributed by atoms with Gasteiger partial charge in [0.15, 0.2) is 0 Å². The Balaban J connectivity index is 1.65. The van der Waals surface area contributed by atoms with Crippen LogP contribution in [0.25, 0.3) is 11.1 Å². The second kappa shape index (κ2) is 8.29. The predicted octanol–water partition coefficient (Wildman–Crippen LogP) is 5.78. The van der Waals surface area contributed by atoms with Crippen LogP contribution in [0.1, 0.15) is 50.2 Å². The Bertz CT molecular complexity index is 981. The molecule has 4 rings (SSSR count). The van der Waals surface area contributed by atoms with Gasteiger partial charge in [-0.25, -0.2) is 4.79 Å². The fraction of sp³-hybridized carbons (Fsp3) is 0.273. The Morgan fingerprint density at radius 2 is 1.93 bits per heavy atom. The van der Waals surface area contributed by atoms with E-state index in [-0.39, 0.29) is 12.5 Å². The van der Waals surface area contributed by atoms with Gasteiger partial charge < -0.3 is 10.1 Å². The second-order valence-electron chi connectivity index (χ2n) is 6.66. The number of anilines is 1. The van der Waals surface area contributed by atoms with Crippen LogP contribution in [0.5, 0.6) is 0 Å². The van der Waals surface area contributed by atoms with Gasteiger partial charge in [0.2, 0.25) is 0 Å². The van der Waals surface area contributed by atoms with Gasteiger partial charge in [-0.15, -0.1) is 22.7 Å². The molecule has 0 aliphatic heterocycles. The lowest BCUT2D eigenvalue weighted by Crippen LogP contribution is -2.13. The van der Waals surface area contributed by atoms with Crippen LogP contribution in [0, 0.1) is 0 Å². The van der Waals surface area contributed by atoms with Crippen molar-refractivity contribution in [1.29, 1.82) is 0 Å². The van der Waals surface area contributed by atoms with Crippen molar-refractivity contribution in [3.63, 3.8) is 0 Å². The summed E-state index contributed by atoms with van der Waals surface area (Å²) in [6.07, 6.45) is 4.47. The van der Waals surface area contributed by atoms with Crippen molar-refractivity contribution < 1.29 is 14.3 Å². The number of ether oxygens (including phenoxy) is 1. The van der Waals surface area contributed by atoms with E-state index in [2.05, 4.69) is 5.32 Å². The van der Waals surface area contributed by atoms with E-state index in [4.69, 9.17) is 4.74 Å². The number of hydrogen-bond donors (Lipinski definition) is 1. The lowest BCUT2D eigenvalue weighted by Gasteiger charge is -2.08. The first-order valence-electron chi connectivity index (χ1n) is 9.44. The highest BCUT2D eigenvalue weighted by molar-refractivity contribution is 7.16. The normalized spacial score (nSPS) is 13.0. The molecular weight excluding hydrogens is 390 g/mol. The van der Waals surface area contributed by atoms with Gasteiger partial charge in [-0.05, 0) is 49.8 Å². The van der Waals surface area contributed by atoms with E-state index in [1.54, 1.807) is 18.3 Å². The van der Waals surface area contributed by atoms with E-state index in [0.717, 1.165) is 24.0 Å². The van der Waals surface area contributed by atoms with Crippen LogP contribution < -0.4 is 5.32 Å². The number of carbonyl (C=O) groups excluding carboxylic acids is 2. The fourth-order valence-electron chi connectivity index (χ4n) is 3.45. The Morgan fingerprint density at radius 1 is 1.14 bits per heavy atom. The van der Waals surface area contributed by atoms with Gasteiger partial charge in [0.1, 0.15) is 10.6 Å². The molecule has 0 radical (unpaired) electrons. The third-order valence-corrected chi connectivity index (χ3v) is 6.93. The quantitative estimate of drug-likeness (QED) is 0.541. The number of amides is 1. The van der Waals surface area contributed by atoms with Crippen molar-refractivity contribution in [3.8, 4) is 11.1 Å². The molecule has 1 N–H and O–H groups in total. The number of benzene rings is 1. The molecule has 2 heterocycles. The zero-order valence-electron chi connectivity index (χ0n) is 15.6. The lowest BCUT2D eigenvalue weighted by molar-refractivity contribution is 0.0529. The fourth-order valence-corrected chi connectivity index (χ4v) is 5.55. The van der Waals surface area contributed by atoms with Crippen LogP contribution in [-0.4, -0.2) is 18.5 Å². The number of thiophene rings is 2. The zero-order valence-corrected chi connectivity index (χ0v) is 17.3. The Morgan fingerprint density at radius 3 is 2.68 bits per heavy atom. The second-order valence-corrected chi connectivity index (χ2v) is 8.68. The molecule has 144 valence electrons. The number of fused-ring (bicyclic) bond motifs is 1. The Hall–Kier alpha value is -2.44. The number of nitrogens with one attached hydrogen (secondary N) is 1. The summed E-state index contributed by atoms with van der Waals surface area (Å²) < 4.78 is 5.26. The van der Waals surface area contributed by atoms with Crippen LogP contribution in [0.2, 0.25) is 0 Å². The third kappa shape index (κ3) is 3.75. The molecule has 0 atom stereocenters. The smallest absolute Gasteiger partial charge is 0.341 e. The summed E-state index contributed by atoms with van der Waals surface area (Å²) in [4.78, 5) is 27.5. The summed E-state index contributed by atoms with van der Waals surface area (Å²) in [5.41, 5.74) is 3.43. The monoisotopic (exact) mass is 411 g/mol. The summed E-state index contributed by atoms with van der Waals surface area (Å²) >= 11 is 2.92. The molecule has 3 aromatic rings. The maximum atomic E-state index is 12.9. The molecule has 1 aliphatic rings. The summed E-state index contributed by atoms with van der Waals surface area (Å²) in [6.45, 7) is 2.06. The molecule has 4 nitrogen and oxygen atoms in total.